The van der Waals surface area contributed by atoms with Gasteiger partial charge in [0.05, 0.1) is 18.1 Å². The standard InChI is InChI=1S/C23H26O5/c1-16-3-10-21(11-4-16)27-23(25)19-8-6-18(7-9-19)15-26-28-22-12-5-17(2)13-20(22)14-24/h3-5,10-14,18-19H,6-9,15H2,1-2H3. The number of rotatable bonds is 7. The van der Waals surface area contributed by atoms with Crippen LogP contribution < -0.4 is 9.62 Å². The van der Waals surface area contributed by atoms with E-state index in [9.17, 15) is 9.59 Å². The average molecular weight is 382 g/mol. The zero-order valence-electron chi connectivity index (χ0n) is 16.4. The van der Waals surface area contributed by atoms with Crippen LogP contribution in [0.1, 0.15) is 47.2 Å². The Kier molecular flexibility index (Phi) is 6.82. The number of aldehydes is 1. The van der Waals surface area contributed by atoms with E-state index in [1.165, 1.54) is 0 Å². The van der Waals surface area contributed by atoms with Crippen LogP contribution >= 0.6 is 0 Å². The van der Waals surface area contributed by atoms with Crippen molar-refractivity contribution in [3.63, 3.8) is 0 Å². The summed E-state index contributed by atoms with van der Waals surface area (Å²) in [5, 5.41) is 0. The highest BCUT2D eigenvalue weighted by Gasteiger charge is 2.28. The van der Waals surface area contributed by atoms with Gasteiger partial charge in [-0.2, -0.15) is 4.89 Å². The Morgan fingerprint density at radius 1 is 1.00 bits per heavy atom. The number of benzene rings is 2. The zero-order valence-corrected chi connectivity index (χ0v) is 16.4. The van der Waals surface area contributed by atoms with Crippen molar-refractivity contribution in [3.8, 4) is 11.5 Å². The van der Waals surface area contributed by atoms with E-state index in [1.54, 1.807) is 12.1 Å². The fraction of sp³-hybridized carbons (Fsp3) is 0.391. The van der Waals surface area contributed by atoms with Gasteiger partial charge in [-0.1, -0.05) is 29.3 Å². The van der Waals surface area contributed by atoms with E-state index in [4.69, 9.17) is 14.5 Å². The van der Waals surface area contributed by atoms with Crippen LogP contribution in [0.2, 0.25) is 0 Å². The predicted octanol–water partition coefficient (Wildman–Crippen LogP) is 4.84. The van der Waals surface area contributed by atoms with Crippen molar-refractivity contribution in [2.45, 2.75) is 39.5 Å². The van der Waals surface area contributed by atoms with E-state index in [0.717, 1.165) is 43.1 Å². The minimum Gasteiger partial charge on any atom is -0.426 e. The van der Waals surface area contributed by atoms with Crippen molar-refractivity contribution in [1.82, 2.24) is 0 Å². The molecule has 0 unspecified atom stereocenters. The molecule has 0 amide bonds. The third-order valence-corrected chi connectivity index (χ3v) is 5.16. The van der Waals surface area contributed by atoms with Gasteiger partial charge in [0.2, 0.25) is 0 Å². The lowest BCUT2D eigenvalue weighted by molar-refractivity contribution is -0.218. The number of hydrogen-bond acceptors (Lipinski definition) is 5. The third-order valence-electron chi connectivity index (χ3n) is 5.16. The SMILES string of the molecule is Cc1ccc(OC(=O)C2CCC(COOc3ccc(C)cc3C=O)CC2)cc1. The fourth-order valence-corrected chi connectivity index (χ4v) is 3.40. The van der Waals surface area contributed by atoms with Crippen LogP contribution in [-0.2, 0) is 9.68 Å². The molecule has 3 rings (SSSR count). The van der Waals surface area contributed by atoms with Gasteiger partial charge < -0.3 is 9.62 Å². The van der Waals surface area contributed by atoms with E-state index < -0.39 is 0 Å². The molecule has 2 aromatic rings. The number of ether oxygens (including phenoxy) is 1. The molecule has 5 heteroatoms. The lowest BCUT2D eigenvalue weighted by Crippen LogP contribution is -2.27. The van der Waals surface area contributed by atoms with E-state index in [2.05, 4.69) is 0 Å². The predicted molar refractivity (Wildman–Crippen MR) is 105 cm³/mol. The number of esters is 1. The molecule has 0 atom stereocenters. The molecule has 28 heavy (non-hydrogen) atoms. The smallest absolute Gasteiger partial charge is 0.314 e. The monoisotopic (exact) mass is 382 g/mol. The average Bonchev–Trinajstić information content (AvgIpc) is 2.71. The molecule has 0 N–H and O–H groups in total. The molecule has 0 bridgehead atoms. The van der Waals surface area contributed by atoms with Crippen molar-refractivity contribution in [3.05, 3.63) is 59.2 Å². The highest BCUT2D eigenvalue weighted by molar-refractivity contribution is 5.79. The molecule has 0 saturated heterocycles. The molecule has 1 aliphatic rings. The van der Waals surface area contributed by atoms with Crippen LogP contribution in [0.15, 0.2) is 42.5 Å². The van der Waals surface area contributed by atoms with E-state index in [-0.39, 0.29) is 11.9 Å². The zero-order chi connectivity index (χ0) is 19.9. The second kappa shape index (κ2) is 9.51. The molecular weight excluding hydrogens is 356 g/mol. The first-order valence-electron chi connectivity index (χ1n) is 9.69. The molecule has 5 nitrogen and oxygen atoms in total. The molecule has 0 heterocycles. The van der Waals surface area contributed by atoms with Gasteiger partial charge in [-0.25, -0.2) is 0 Å². The maximum absolute atomic E-state index is 12.3. The minimum absolute atomic E-state index is 0.0720. The summed E-state index contributed by atoms with van der Waals surface area (Å²) in [6.07, 6.45) is 4.08. The number of carbonyl (C=O) groups is 2. The van der Waals surface area contributed by atoms with Crippen LogP contribution in [0.3, 0.4) is 0 Å². The fourth-order valence-electron chi connectivity index (χ4n) is 3.40. The largest absolute Gasteiger partial charge is 0.426 e. The first-order chi connectivity index (χ1) is 13.5. The van der Waals surface area contributed by atoms with Crippen molar-refractivity contribution in [2.75, 3.05) is 6.61 Å². The Morgan fingerprint density at radius 2 is 1.68 bits per heavy atom. The van der Waals surface area contributed by atoms with E-state index in [1.807, 2.05) is 44.2 Å². The van der Waals surface area contributed by atoms with Crippen LogP contribution in [0.4, 0.5) is 0 Å². The Bertz CT molecular complexity index is 804. The summed E-state index contributed by atoms with van der Waals surface area (Å²) in [4.78, 5) is 34.2. The Morgan fingerprint density at radius 3 is 2.36 bits per heavy atom. The molecule has 0 radical (unpaired) electrons. The van der Waals surface area contributed by atoms with Crippen molar-refractivity contribution in [2.24, 2.45) is 11.8 Å². The van der Waals surface area contributed by atoms with Crippen LogP contribution in [0.25, 0.3) is 0 Å². The third kappa shape index (κ3) is 5.42. The summed E-state index contributed by atoms with van der Waals surface area (Å²) in [5.41, 5.74) is 2.60. The summed E-state index contributed by atoms with van der Waals surface area (Å²) in [6, 6.07) is 12.9. The van der Waals surface area contributed by atoms with Gasteiger partial charge in [0, 0.05) is 0 Å². The van der Waals surface area contributed by atoms with E-state index in [0.29, 0.717) is 29.6 Å². The number of hydrogen-bond donors (Lipinski definition) is 0. The quantitative estimate of drug-likeness (QED) is 0.225. The van der Waals surface area contributed by atoms with Crippen LogP contribution in [0.5, 0.6) is 11.5 Å². The molecule has 2 aromatic carbocycles. The highest BCUT2D eigenvalue weighted by atomic mass is 17.2. The highest BCUT2D eigenvalue weighted by Crippen LogP contribution is 2.30. The summed E-state index contributed by atoms with van der Waals surface area (Å²) >= 11 is 0. The number of carbonyl (C=O) groups excluding carboxylic acids is 2. The Balaban J connectivity index is 1.41. The van der Waals surface area contributed by atoms with Gasteiger partial charge in [0.25, 0.3) is 0 Å². The molecule has 0 aliphatic heterocycles. The van der Waals surface area contributed by atoms with Gasteiger partial charge >= 0.3 is 5.97 Å². The molecule has 1 fully saturated rings. The molecule has 1 saturated carbocycles. The lowest BCUT2D eigenvalue weighted by Gasteiger charge is -2.26. The molecule has 0 aromatic heterocycles. The van der Waals surface area contributed by atoms with Crippen LogP contribution in [0, 0.1) is 25.7 Å². The topological polar surface area (TPSA) is 61.8 Å². The lowest BCUT2D eigenvalue weighted by atomic mass is 9.82. The van der Waals surface area contributed by atoms with Gasteiger partial charge in [-0.15, -0.1) is 0 Å². The summed E-state index contributed by atoms with van der Waals surface area (Å²) in [6.45, 7) is 4.35. The Labute approximate surface area is 165 Å². The van der Waals surface area contributed by atoms with Crippen molar-refractivity contribution < 1.29 is 24.1 Å². The molecule has 0 spiro atoms. The number of aryl methyl sites for hydroxylation is 2. The molecular formula is C23H26O5. The first kappa shape index (κ1) is 20.1. The first-order valence-corrected chi connectivity index (χ1v) is 9.69. The maximum atomic E-state index is 12.3. The maximum Gasteiger partial charge on any atom is 0.314 e. The van der Waals surface area contributed by atoms with Crippen molar-refractivity contribution >= 4 is 12.3 Å². The summed E-state index contributed by atoms with van der Waals surface area (Å²) in [7, 11) is 0. The van der Waals surface area contributed by atoms with Crippen LogP contribution in [-0.4, -0.2) is 18.9 Å². The van der Waals surface area contributed by atoms with Gasteiger partial charge in [0.15, 0.2) is 12.0 Å². The molecule has 148 valence electrons. The second-order valence-electron chi connectivity index (χ2n) is 7.48. The second-order valence-corrected chi connectivity index (χ2v) is 7.48. The van der Waals surface area contributed by atoms with Crippen molar-refractivity contribution in [1.29, 1.82) is 0 Å². The molecule has 1 aliphatic carbocycles. The minimum atomic E-state index is -0.158. The normalized spacial score (nSPS) is 19.1. The summed E-state index contributed by atoms with van der Waals surface area (Å²) in [5.74, 6) is 1.12. The Hall–Kier alpha value is -2.66. The van der Waals surface area contributed by atoms with E-state index >= 15 is 0 Å². The van der Waals surface area contributed by atoms with Gasteiger partial charge in [-0.05, 0) is 69.7 Å². The van der Waals surface area contributed by atoms with Gasteiger partial charge in [-0.3, -0.25) is 9.59 Å². The van der Waals surface area contributed by atoms with Gasteiger partial charge in [0.1, 0.15) is 5.75 Å². The summed E-state index contributed by atoms with van der Waals surface area (Å²) < 4.78 is 5.49.